The van der Waals surface area contributed by atoms with Crippen LogP contribution < -0.4 is 9.05 Å². The van der Waals surface area contributed by atoms with Gasteiger partial charge in [-0.05, 0) is 37.1 Å². The monoisotopic (exact) mass is 692 g/mol. The van der Waals surface area contributed by atoms with Crippen LogP contribution in [0.2, 0.25) is 0 Å². The van der Waals surface area contributed by atoms with Crippen LogP contribution in [0.4, 0.5) is 0 Å². The summed E-state index contributed by atoms with van der Waals surface area (Å²) in [6, 6.07) is 19.2. The summed E-state index contributed by atoms with van der Waals surface area (Å²) in [6.07, 6.45) is 1.91. The summed E-state index contributed by atoms with van der Waals surface area (Å²) >= 11 is 0. The van der Waals surface area contributed by atoms with Crippen molar-refractivity contribution < 1.29 is 67.4 Å². The number of rotatable bonds is 4. The van der Waals surface area contributed by atoms with Crippen LogP contribution in [0.5, 0.6) is 11.5 Å². The van der Waals surface area contributed by atoms with Gasteiger partial charge >= 0.3 is 17.2 Å². The number of benzene rings is 2. The molecule has 35 heavy (non-hydrogen) atoms. The van der Waals surface area contributed by atoms with Crippen molar-refractivity contribution in [2.45, 2.75) is 12.8 Å². The van der Waals surface area contributed by atoms with Crippen LogP contribution >= 0.6 is 17.2 Å². The molecule has 0 amide bonds. The Morgan fingerprint density at radius 1 is 0.514 bits per heavy atom. The Labute approximate surface area is 222 Å². The molecule has 0 spiro atoms. The predicted molar refractivity (Wildman–Crippen MR) is 124 cm³/mol. The van der Waals surface area contributed by atoms with Crippen LogP contribution in [-0.2, 0) is 58.3 Å². The van der Waals surface area contributed by atoms with Crippen molar-refractivity contribution in [1.29, 1.82) is 0 Å². The molecule has 2 saturated heterocycles. The molecule has 13 heteroatoms. The topological polar surface area (TPSA) is 124 Å². The van der Waals surface area contributed by atoms with E-state index >= 15 is 0 Å². The van der Waals surface area contributed by atoms with Gasteiger partial charge in [0, 0.05) is 21.1 Å². The van der Waals surface area contributed by atoms with E-state index in [1.54, 1.807) is 0 Å². The molecule has 2 aromatic carbocycles. The van der Waals surface area contributed by atoms with E-state index in [1.807, 2.05) is 60.7 Å². The van der Waals surface area contributed by atoms with Gasteiger partial charge in [-0.1, -0.05) is 36.4 Å². The van der Waals surface area contributed by atoms with Crippen molar-refractivity contribution in [1.82, 2.24) is 0 Å². The van der Waals surface area contributed by atoms with E-state index in [-0.39, 0.29) is 21.1 Å². The van der Waals surface area contributed by atoms with Crippen LogP contribution in [0.1, 0.15) is 12.8 Å². The van der Waals surface area contributed by atoms with E-state index in [4.69, 9.17) is 46.3 Å². The molecule has 2 fully saturated rings. The molecule has 0 N–H and O–H groups in total. The van der Waals surface area contributed by atoms with Crippen molar-refractivity contribution in [3.8, 4) is 11.5 Å². The Kier molecular flexibility index (Phi) is 32.4. The largest absolute Gasteiger partial charge is 0.427 e. The van der Waals surface area contributed by atoms with Gasteiger partial charge in [-0.2, -0.15) is 0 Å². The van der Waals surface area contributed by atoms with Crippen LogP contribution in [0.15, 0.2) is 60.7 Å². The maximum absolute atomic E-state index is 7.50. The van der Waals surface area contributed by atoms with Crippen LogP contribution in [0.3, 0.4) is 0 Å². The molecule has 10 nitrogen and oxygen atoms in total. The molecule has 2 aromatic rings. The molecule has 0 bridgehead atoms. The van der Waals surface area contributed by atoms with Crippen molar-refractivity contribution in [3.05, 3.63) is 60.7 Å². The van der Waals surface area contributed by atoms with E-state index in [2.05, 4.69) is 27.2 Å². The minimum Gasteiger partial charge on any atom is -0.427 e. The second kappa shape index (κ2) is 30.1. The average Bonchev–Trinajstić information content (AvgIpc) is 2.96. The van der Waals surface area contributed by atoms with E-state index in [0.717, 1.165) is 50.8 Å². The van der Waals surface area contributed by atoms with Gasteiger partial charge in [0.25, 0.3) is 27.2 Å². The van der Waals surface area contributed by atoms with E-state index in [1.165, 1.54) is 0 Å². The van der Waals surface area contributed by atoms with Gasteiger partial charge in [-0.15, -0.1) is 0 Å². The standard InChI is InChI=1S/2C9H11O3P.4CO.W/c2*1-2-5-9(6-3-1)12-13-10-7-4-8-11-13;4*1-2;/h2*1-3,5-6H,4,7-8H2;;;;;. The van der Waals surface area contributed by atoms with Crippen LogP contribution in [-0.4, -0.2) is 53.6 Å². The second-order valence-corrected chi connectivity index (χ2v) is 7.59. The van der Waals surface area contributed by atoms with E-state index in [0.29, 0.717) is 0 Å². The molecule has 8 radical (unpaired) electrons. The zero-order valence-corrected chi connectivity index (χ0v) is 23.1. The molecule has 2 heterocycles. The van der Waals surface area contributed by atoms with Gasteiger partial charge in [-0.3, -0.25) is 19.2 Å². The molecule has 0 unspecified atom stereocenters. The summed E-state index contributed by atoms with van der Waals surface area (Å²) in [5.41, 5.74) is 0. The Morgan fingerprint density at radius 3 is 1.03 bits per heavy atom. The molecule has 0 saturated carbocycles. The molecule has 0 atom stereocenters. The summed E-state index contributed by atoms with van der Waals surface area (Å²) in [4.78, 5) is 30.0. The molecule has 4 rings (SSSR count). The summed E-state index contributed by atoms with van der Waals surface area (Å²) in [6.45, 7) is 20.9. The average molecular weight is 692 g/mol. The predicted octanol–water partition coefficient (Wildman–Crippen LogP) is 3.87. The first-order chi connectivity index (χ1) is 16.9. The molecular formula is C22H22O10P2W. The van der Waals surface area contributed by atoms with Crippen molar-refractivity contribution >= 4 is 44.4 Å². The third kappa shape index (κ3) is 20.0. The quantitative estimate of drug-likeness (QED) is 0.437. The smallest absolute Gasteiger partial charge is 0.397 e. The first-order valence-corrected chi connectivity index (χ1v) is 11.5. The van der Waals surface area contributed by atoms with Gasteiger partial charge in [0.15, 0.2) is 0 Å². The maximum Gasteiger partial charge on any atom is 0.397 e. The first-order valence-electron chi connectivity index (χ1n) is 9.30. The SMILES string of the molecule is [C]=O.[C]=O.[C]=O.[C]=O.[W].c1ccc(OP2OCCCO2)cc1.c1ccc(OP2OCCCO2)cc1. The fraction of sp³-hybridized carbons (Fsp3) is 0.273. The fourth-order valence-electron chi connectivity index (χ4n) is 1.99. The summed E-state index contributed by atoms with van der Waals surface area (Å²) < 4.78 is 32.2. The normalized spacial score (nSPS) is 14.2. The van der Waals surface area contributed by atoms with Crippen molar-refractivity contribution in [2.75, 3.05) is 26.4 Å². The molecule has 186 valence electrons. The minimum absolute atomic E-state index is 0. The first kappa shape index (κ1) is 37.7. The summed E-state index contributed by atoms with van der Waals surface area (Å²) in [5, 5.41) is 0. The molecule has 2 aliphatic rings. The summed E-state index contributed by atoms with van der Waals surface area (Å²) in [5.74, 6) is 1.60. The maximum atomic E-state index is 7.50. The van der Waals surface area contributed by atoms with E-state index < -0.39 is 17.2 Å². The second-order valence-electron chi connectivity index (χ2n) is 5.30. The Hall–Kier alpha value is -1.89. The Morgan fingerprint density at radius 2 is 0.771 bits per heavy atom. The molecular weight excluding hydrogens is 670 g/mol. The third-order valence-electron chi connectivity index (χ3n) is 3.21. The number of hydrogen-bond donors (Lipinski definition) is 0. The van der Waals surface area contributed by atoms with Crippen LogP contribution in [0.25, 0.3) is 0 Å². The van der Waals surface area contributed by atoms with Gasteiger partial charge < -0.3 is 27.1 Å². The molecule has 0 aromatic heterocycles. The number of para-hydroxylation sites is 2. The molecule has 0 aliphatic carbocycles. The minimum atomic E-state index is -1.15. The number of carbonyl (C=O) groups excluding carboxylic acids is 4. The zero-order valence-electron chi connectivity index (χ0n) is 18.4. The van der Waals surface area contributed by atoms with Gasteiger partial charge in [0.1, 0.15) is 11.5 Å². The Balaban J connectivity index is -0.000000446. The Bertz CT molecular complexity index is 615. The van der Waals surface area contributed by atoms with E-state index in [9.17, 15) is 0 Å². The number of hydrogen-bond acceptors (Lipinski definition) is 10. The van der Waals surface area contributed by atoms with Gasteiger partial charge in [-0.25, -0.2) is 0 Å². The molecule has 2 aliphatic heterocycles. The van der Waals surface area contributed by atoms with Gasteiger partial charge in [0.05, 0.1) is 26.4 Å². The van der Waals surface area contributed by atoms with Crippen molar-refractivity contribution in [2.24, 2.45) is 0 Å². The fourth-order valence-corrected chi connectivity index (χ4v) is 4.05. The van der Waals surface area contributed by atoms with Crippen molar-refractivity contribution in [3.63, 3.8) is 0 Å². The van der Waals surface area contributed by atoms with Gasteiger partial charge in [0.2, 0.25) is 0 Å². The summed E-state index contributed by atoms with van der Waals surface area (Å²) in [7, 11) is -2.30. The third-order valence-corrected chi connectivity index (χ3v) is 5.50. The zero-order chi connectivity index (χ0) is 25.9. The van der Waals surface area contributed by atoms with Crippen LogP contribution in [0, 0.1) is 0 Å².